The molecule has 0 spiro atoms. The average molecular weight is 247 g/mol. The van der Waals surface area contributed by atoms with Gasteiger partial charge in [0.05, 0.1) is 12.6 Å². The molecule has 0 aliphatic rings. The molecule has 0 fully saturated rings. The first-order valence-electron chi connectivity index (χ1n) is 5.11. The summed E-state index contributed by atoms with van der Waals surface area (Å²) in [6.07, 6.45) is 0. The summed E-state index contributed by atoms with van der Waals surface area (Å²) in [6.45, 7) is 2.60. The zero-order valence-corrected chi connectivity index (χ0v) is 10.7. The first kappa shape index (κ1) is 11.4. The Morgan fingerprint density at radius 1 is 1.19 bits per heavy atom. The van der Waals surface area contributed by atoms with Gasteiger partial charge in [-0.2, -0.15) is 0 Å². The molecule has 0 amide bonds. The summed E-state index contributed by atoms with van der Waals surface area (Å²) in [4.78, 5) is 2.70. The molecule has 3 heteroatoms. The third kappa shape index (κ3) is 2.73. The molecular formula is C13H13NS2. The minimum atomic E-state index is 0.292. The first-order valence-corrected chi connectivity index (χ1v) is 6.87. The van der Waals surface area contributed by atoms with Crippen LogP contribution in [0.1, 0.15) is 22.7 Å². The number of rotatable bonds is 4. The van der Waals surface area contributed by atoms with Crippen molar-refractivity contribution in [2.45, 2.75) is 13.0 Å². The summed E-state index contributed by atoms with van der Waals surface area (Å²) in [5.74, 6) is 5.96. The Morgan fingerprint density at radius 2 is 1.81 bits per heavy atom. The van der Waals surface area contributed by atoms with Crippen molar-refractivity contribution in [3.05, 3.63) is 44.8 Å². The summed E-state index contributed by atoms with van der Waals surface area (Å²) in [5, 5.41) is 7.70. The fraction of sp³-hybridized carbons (Fsp3) is 0.231. The molecule has 0 radical (unpaired) electrons. The molecule has 0 atom stereocenters. The minimum Gasteiger partial charge on any atom is -0.294 e. The van der Waals surface area contributed by atoms with Crippen LogP contribution in [0.3, 0.4) is 0 Å². The lowest BCUT2D eigenvalue weighted by atomic mass is 10.2. The fourth-order valence-electron chi connectivity index (χ4n) is 1.49. The summed E-state index contributed by atoms with van der Waals surface area (Å²) in [6, 6.07) is 8.81. The van der Waals surface area contributed by atoms with Crippen LogP contribution in [0.25, 0.3) is 0 Å². The van der Waals surface area contributed by atoms with E-state index in [4.69, 9.17) is 0 Å². The predicted molar refractivity (Wildman–Crippen MR) is 71.9 cm³/mol. The lowest BCUT2D eigenvalue weighted by Crippen LogP contribution is -2.20. The highest BCUT2D eigenvalue weighted by Gasteiger charge is 2.14. The molecule has 0 bridgehead atoms. The summed E-state index contributed by atoms with van der Waals surface area (Å²) >= 11 is 3.57. The standard InChI is InChI=1S/C13H13NS2/c1-2-3-8-14-13(11-6-4-9-15-11)12-7-5-10-16-12/h4-7,9-10,13-14H,8H2,1H3. The zero-order chi connectivity index (χ0) is 11.2. The van der Waals surface area contributed by atoms with E-state index in [0.717, 1.165) is 6.54 Å². The Labute approximate surface area is 104 Å². The average Bonchev–Trinajstić information content (AvgIpc) is 2.97. The van der Waals surface area contributed by atoms with Gasteiger partial charge in [0.1, 0.15) is 0 Å². The molecule has 2 aromatic rings. The van der Waals surface area contributed by atoms with Crippen molar-refractivity contribution in [1.82, 2.24) is 5.32 Å². The van der Waals surface area contributed by atoms with Gasteiger partial charge in [0.25, 0.3) is 0 Å². The highest BCUT2D eigenvalue weighted by molar-refractivity contribution is 7.11. The van der Waals surface area contributed by atoms with Crippen LogP contribution in [0.2, 0.25) is 0 Å². The molecule has 0 saturated carbocycles. The maximum atomic E-state index is 3.47. The van der Waals surface area contributed by atoms with Gasteiger partial charge in [-0.1, -0.05) is 18.1 Å². The largest absolute Gasteiger partial charge is 0.294 e. The molecule has 2 heterocycles. The molecule has 2 rings (SSSR count). The molecule has 0 aromatic carbocycles. The second-order valence-electron chi connectivity index (χ2n) is 3.27. The Hall–Kier alpha value is -1.08. The van der Waals surface area contributed by atoms with E-state index < -0.39 is 0 Å². The van der Waals surface area contributed by atoms with Crippen LogP contribution < -0.4 is 5.32 Å². The topological polar surface area (TPSA) is 12.0 Å². The normalized spacial score (nSPS) is 10.1. The third-order valence-electron chi connectivity index (χ3n) is 2.23. The van der Waals surface area contributed by atoms with E-state index in [0.29, 0.717) is 6.04 Å². The molecular weight excluding hydrogens is 234 g/mol. The van der Waals surface area contributed by atoms with Crippen LogP contribution in [0.15, 0.2) is 35.0 Å². The van der Waals surface area contributed by atoms with Gasteiger partial charge in [0, 0.05) is 9.75 Å². The molecule has 16 heavy (non-hydrogen) atoms. The second kappa shape index (κ2) is 5.86. The number of hydrogen-bond donors (Lipinski definition) is 1. The second-order valence-corrected chi connectivity index (χ2v) is 5.23. The van der Waals surface area contributed by atoms with Gasteiger partial charge >= 0.3 is 0 Å². The molecule has 0 aliphatic heterocycles. The summed E-state index contributed by atoms with van der Waals surface area (Å²) in [7, 11) is 0. The Kier molecular flexibility index (Phi) is 4.17. The molecule has 0 unspecified atom stereocenters. The molecule has 1 nitrogen and oxygen atoms in total. The van der Waals surface area contributed by atoms with Gasteiger partial charge in [0.15, 0.2) is 0 Å². The van der Waals surface area contributed by atoms with Crippen molar-refractivity contribution in [2.24, 2.45) is 0 Å². The van der Waals surface area contributed by atoms with Crippen LogP contribution in [0, 0.1) is 11.8 Å². The van der Waals surface area contributed by atoms with Crippen molar-refractivity contribution < 1.29 is 0 Å². The van der Waals surface area contributed by atoms with E-state index in [2.05, 4.69) is 52.2 Å². The van der Waals surface area contributed by atoms with Gasteiger partial charge in [-0.25, -0.2) is 0 Å². The van der Waals surface area contributed by atoms with E-state index in [1.54, 1.807) is 22.7 Å². The van der Waals surface area contributed by atoms with Crippen LogP contribution in [-0.4, -0.2) is 6.54 Å². The predicted octanol–water partition coefficient (Wildman–Crippen LogP) is 3.51. The highest BCUT2D eigenvalue weighted by atomic mass is 32.1. The van der Waals surface area contributed by atoms with Crippen LogP contribution in [-0.2, 0) is 0 Å². The Balaban J connectivity index is 2.16. The number of thiophene rings is 2. The highest BCUT2D eigenvalue weighted by Crippen LogP contribution is 2.28. The van der Waals surface area contributed by atoms with E-state index in [9.17, 15) is 0 Å². The monoisotopic (exact) mass is 247 g/mol. The van der Waals surface area contributed by atoms with Gasteiger partial charge < -0.3 is 0 Å². The van der Waals surface area contributed by atoms with Gasteiger partial charge in [-0.3, -0.25) is 5.32 Å². The third-order valence-corrected chi connectivity index (χ3v) is 4.10. The van der Waals surface area contributed by atoms with E-state index in [-0.39, 0.29) is 0 Å². The van der Waals surface area contributed by atoms with Gasteiger partial charge in [0.2, 0.25) is 0 Å². The smallest absolute Gasteiger partial charge is 0.0772 e. The minimum absolute atomic E-state index is 0.292. The van der Waals surface area contributed by atoms with Crippen LogP contribution in [0.5, 0.6) is 0 Å². The molecule has 1 N–H and O–H groups in total. The fourth-order valence-corrected chi connectivity index (χ4v) is 3.20. The van der Waals surface area contributed by atoms with E-state index >= 15 is 0 Å². The molecule has 0 aliphatic carbocycles. The van der Waals surface area contributed by atoms with Crippen LogP contribution in [0.4, 0.5) is 0 Å². The van der Waals surface area contributed by atoms with E-state index in [1.807, 2.05) is 6.92 Å². The van der Waals surface area contributed by atoms with Crippen molar-refractivity contribution in [3.63, 3.8) is 0 Å². The lowest BCUT2D eigenvalue weighted by Gasteiger charge is -2.13. The summed E-state index contributed by atoms with van der Waals surface area (Å²) in [5.41, 5.74) is 0. The van der Waals surface area contributed by atoms with Crippen molar-refractivity contribution in [1.29, 1.82) is 0 Å². The van der Waals surface area contributed by atoms with Crippen molar-refractivity contribution >= 4 is 22.7 Å². The molecule has 82 valence electrons. The summed E-state index contributed by atoms with van der Waals surface area (Å²) < 4.78 is 0. The van der Waals surface area contributed by atoms with Gasteiger partial charge in [-0.15, -0.1) is 28.6 Å². The van der Waals surface area contributed by atoms with E-state index in [1.165, 1.54) is 9.75 Å². The molecule has 0 saturated heterocycles. The number of nitrogens with one attached hydrogen (secondary N) is 1. The number of hydrogen-bond acceptors (Lipinski definition) is 3. The zero-order valence-electron chi connectivity index (χ0n) is 9.07. The van der Waals surface area contributed by atoms with Crippen molar-refractivity contribution in [2.75, 3.05) is 6.54 Å². The SMILES string of the molecule is CC#CCNC(c1cccs1)c1cccs1. The quantitative estimate of drug-likeness (QED) is 0.815. The first-order chi connectivity index (χ1) is 7.92. The maximum Gasteiger partial charge on any atom is 0.0772 e. The van der Waals surface area contributed by atoms with Crippen LogP contribution >= 0.6 is 22.7 Å². The van der Waals surface area contributed by atoms with Crippen molar-refractivity contribution in [3.8, 4) is 11.8 Å². The maximum absolute atomic E-state index is 3.47. The lowest BCUT2D eigenvalue weighted by molar-refractivity contribution is 0.680. The van der Waals surface area contributed by atoms with Gasteiger partial charge in [-0.05, 0) is 29.8 Å². The Bertz CT molecular complexity index is 426. The molecule has 2 aromatic heterocycles. The Morgan fingerprint density at radius 3 is 2.25 bits per heavy atom.